The number of piperidine rings is 1. The summed E-state index contributed by atoms with van der Waals surface area (Å²) in [4.78, 5) is 7.95. The number of aromatic amines is 1. The third-order valence-electron chi connectivity index (χ3n) is 5.28. The number of aliphatic hydroxyl groups is 1. The zero-order valence-corrected chi connectivity index (χ0v) is 13.6. The number of H-pyrrole nitrogens is 1. The number of β-amino-alcohol motifs (C(OH)–C–C–N with tert-alkyl or cyclic N) is 1. The molecule has 0 spiro atoms. The Morgan fingerprint density at radius 1 is 1.35 bits per heavy atom. The minimum atomic E-state index is -0.623. The SMILES string of the molecule is CN1CCCC(O)(CN2CCc3[nH]c4ccc(F)cc4c3C2)C1. The van der Waals surface area contributed by atoms with Crippen LogP contribution in [0.5, 0.6) is 0 Å². The third kappa shape index (κ3) is 2.89. The smallest absolute Gasteiger partial charge is 0.123 e. The number of fused-ring (bicyclic) bond motifs is 3. The Morgan fingerprint density at radius 2 is 2.22 bits per heavy atom. The van der Waals surface area contributed by atoms with Crippen LogP contribution in [0.15, 0.2) is 18.2 Å². The second-order valence-electron chi connectivity index (χ2n) is 7.30. The molecule has 1 fully saturated rings. The van der Waals surface area contributed by atoms with Crippen molar-refractivity contribution >= 4 is 10.9 Å². The van der Waals surface area contributed by atoms with Gasteiger partial charge < -0.3 is 15.0 Å². The van der Waals surface area contributed by atoms with Gasteiger partial charge in [-0.05, 0) is 50.2 Å². The summed E-state index contributed by atoms with van der Waals surface area (Å²) in [5, 5.41) is 11.9. The van der Waals surface area contributed by atoms with Gasteiger partial charge in [-0.1, -0.05) is 0 Å². The molecule has 2 aromatic rings. The van der Waals surface area contributed by atoms with Gasteiger partial charge in [0.25, 0.3) is 0 Å². The summed E-state index contributed by atoms with van der Waals surface area (Å²) < 4.78 is 13.6. The van der Waals surface area contributed by atoms with E-state index >= 15 is 0 Å². The average Bonchev–Trinajstić information content (AvgIpc) is 2.84. The van der Waals surface area contributed by atoms with E-state index in [0.29, 0.717) is 6.54 Å². The lowest BCUT2D eigenvalue weighted by Crippen LogP contribution is -2.53. The van der Waals surface area contributed by atoms with Gasteiger partial charge in [-0.15, -0.1) is 0 Å². The molecular weight excluding hydrogens is 293 g/mol. The number of benzene rings is 1. The maximum Gasteiger partial charge on any atom is 0.123 e. The Morgan fingerprint density at radius 3 is 3.04 bits per heavy atom. The van der Waals surface area contributed by atoms with Gasteiger partial charge in [0.05, 0.1) is 5.60 Å². The summed E-state index contributed by atoms with van der Waals surface area (Å²) in [6.45, 7) is 4.21. The lowest BCUT2D eigenvalue weighted by molar-refractivity contribution is -0.0495. The molecule has 1 saturated heterocycles. The number of aromatic nitrogens is 1. The Bertz CT molecular complexity index is 728. The number of halogens is 1. The van der Waals surface area contributed by atoms with Gasteiger partial charge in [0, 0.05) is 49.2 Å². The molecule has 23 heavy (non-hydrogen) atoms. The van der Waals surface area contributed by atoms with Crippen molar-refractivity contribution in [3.8, 4) is 0 Å². The second-order valence-corrected chi connectivity index (χ2v) is 7.30. The Balaban J connectivity index is 1.56. The molecule has 4 rings (SSSR count). The molecule has 4 nitrogen and oxygen atoms in total. The first-order valence-corrected chi connectivity index (χ1v) is 8.45. The van der Waals surface area contributed by atoms with Crippen LogP contribution in [0.4, 0.5) is 4.39 Å². The average molecular weight is 317 g/mol. The van der Waals surface area contributed by atoms with Crippen LogP contribution in [0.3, 0.4) is 0 Å². The van der Waals surface area contributed by atoms with E-state index in [-0.39, 0.29) is 5.82 Å². The molecule has 124 valence electrons. The maximum atomic E-state index is 13.6. The molecule has 1 aromatic heterocycles. The van der Waals surface area contributed by atoms with E-state index in [1.807, 2.05) is 6.07 Å². The highest BCUT2D eigenvalue weighted by Gasteiger charge is 2.35. The second kappa shape index (κ2) is 5.58. The fraction of sp³-hybridized carbons (Fsp3) is 0.556. The lowest BCUT2D eigenvalue weighted by atomic mass is 9.91. The third-order valence-corrected chi connectivity index (χ3v) is 5.28. The van der Waals surface area contributed by atoms with E-state index in [2.05, 4.69) is 21.8 Å². The predicted molar refractivity (Wildman–Crippen MR) is 88.9 cm³/mol. The normalized spacial score (nSPS) is 26.6. The van der Waals surface area contributed by atoms with E-state index < -0.39 is 5.60 Å². The van der Waals surface area contributed by atoms with E-state index in [4.69, 9.17) is 0 Å². The molecule has 0 bridgehead atoms. The summed E-state index contributed by atoms with van der Waals surface area (Å²) in [5.41, 5.74) is 2.80. The van der Waals surface area contributed by atoms with Crippen molar-refractivity contribution in [3.05, 3.63) is 35.3 Å². The molecule has 3 heterocycles. The first kappa shape index (κ1) is 15.1. The van der Waals surface area contributed by atoms with E-state index in [1.54, 1.807) is 6.07 Å². The number of likely N-dealkylation sites (tertiary alicyclic amines) is 1. The highest BCUT2D eigenvalue weighted by Crippen LogP contribution is 2.30. The van der Waals surface area contributed by atoms with Crippen molar-refractivity contribution in [3.63, 3.8) is 0 Å². The number of rotatable bonds is 2. The van der Waals surface area contributed by atoms with Gasteiger partial charge in [0.1, 0.15) is 5.82 Å². The van der Waals surface area contributed by atoms with Crippen LogP contribution < -0.4 is 0 Å². The highest BCUT2D eigenvalue weighted by molar-refractivity contribution is 5.84. The Kier molecular flexibility index (Phi) is 3.67. The molecule has 0 radical (unpaired) electrons. The van der Waals surface area contributed by atoms with Crippen LogP contribution >= 0.6 is 0 Å². The minimum absolute atomic E-state index is 0.191. The number of likely N-dealkylation sites (N-methyl/N-ethyl adjacent to an activating group) is 1. The molecule has 2 aliphatic rings. The fourth-order valence-electron chi connectivity index (χ4n) is 4.26. The van der Waals surface area contributed by atoms with Gasteiger partial charge in [0.15, 0.2) is 0 Å². The number of nitrogens with one attached hydrogen (secondary N) is 1. The molecule has 1 atom stereocenters. The summed E-state index contributed by atoms with van der Waals surface area (Å²) in [6.07, 6.45) is 2.84. The van der Waals surface area contributed by atoms with Gasteiger partial charge in [-0.25, -0.2) is 4.39 Å². The largest absolute Gasteiger partial charge is 0.387 e. The summed E-state index contributed by atoms with van der Waals surface area (Å²) in [6, 6.07) is 4.94. The van der Waals surface area contributed by atoms with Gasteiger partial charge >= 0.3 is 0 Å². The van der Waals surface area contributed by atoms with Crippen molar-refractivity contribution in [2.24, 2.45) is 0 Å². The minimum Gasteiger partial charge on any atom is -0.387 e. The van der Waals surface area contributed by atoms with Crippen LogP contribution in [0, 0.1) is 5.82 Å². The fourth-order valence-corrected chi connectivity index (χ4v) is 4.26. The molecule has 0 aliphatic carbocycles. The van der Waals surface area contributed by atoms with Crippen LogP contribution in [0.1, 0.15) is 24.1 Å². The monoisotopic (exact) mass is 317 g/mol. The maximum absolute atomic E-state index is 13.6. The number of hydrogen-bond donors (Lipinski definition) is 2. The zero-order valence-electron chi connectivity index (χ0n) is 13.6. The van der Waals surface area contributed by atoms with Crippen molar-refractivity contribution < 1.29 is 9.50 Å². The Labute approximate surface area is 135 Å². The molecule has 1 unspecified atom stereocenters. The van der Waals surface area contributed by atoms with E-state index in [9.17, 15) is 9.50 Å². The Hall–Kier alpha value is -1.43. The number of nitrogens with zero attached hydrogens (tertiary/aromatic N) is 2. The van der Waals surface area contributed by atoms with E-state index in [0.717, 1.165) is 56.3 Å². The predicted octanol–water partition coefficient (Wildman–Crippen LogP) is 2.12. The highest BCUT2D eigenvalue weighted by atomic mass is 19.1. The first-order valence-electron chi connectivity index (χ1n) is 8.45. The molecule has 2 aliphatic heterocycles. The molecule has 2 N–H and O–H groups in total. The van der Waals surface area contributed by atoms with Gasteiger partial charge in [-0.2, -0.15) is 0 Å². The molecule has 0 saturated carbocycles. The topological polar surface area (TPSA) is 42.5 Å². The molecule has 1 aromatic carbocycles. The van der Waals surface area contributed by atoms with Crippen LogP contribution in [0.25, 0.3) is 10.9 Å². The summed E-state index contributed by atoms with van der Waals surface area (Å²) >= 11 is 0. The van der Waals surface area contributed by atoms with Crippen molar-refractivity contribution in [1.29, 1.82) is 0 Å². The van der Waals surface area contributed by atoms with Gasteiger partial charge in [-0.3, -0.25) is 4.90 Å². The zero-order chi connectivity index (χ0) is 16.0. The van der Waals surface area contributed by atoms with Crippen molar-refractivity contribution in [1.82, 2.24) is 14.8 Å². The standard InChI is InChI=1S/C18H24FN3O/c1-21-7-2-6-18(23,11-21)12-22-8-5-17-15(10-22)14-9-13(19)3-4-16(14)20-17/h3-4,9,20,23H,2,5-8,10-12H2,1H3. The van der Waals surface area contributed by atoms with Crippen molar-refractivity contribution in [2.45, 2.75) is 31.4 Å². The number of hydrogen-bond acceptors (Lipinski definition) is 3. The summed E-state index contributed by atoms with van der Waals surface area (Å²) in [5.74, 6) is -0.191. The van der Waals surface area contributed by atoms with Crippen LogP contribution in [-0.4, -0.2) is 58.7 Å². The first-order chi connectivity index (χ1) is 11.0. The van der Waals surface area contributed by atoms with E-state index in [1.165, 1.54) is 17.3 Å². The lowest BCUT2D eigenvalue weighted by Gasteiger charge is -2.41. The van der Waals surface area contributed by atoms with Crippen molar-refractivity contribution in [2.75, 3.05) is 33.2 Å². The van der Waals surface area contributed by atoms with Gasteiger partial charge in [0.2, 0.25) is 0 Å². The quantitative estimate of drug-likeness (QED) is 0.892. The summed E-state index contributed by atoms with van der Waals surface area (Å²) in [7, 11) is 2.07. The molecule has 5 heteroatoms. The molecule has 0 amide bonds. The van der Waals surface area contributed by atoms with Crippen LogP contribution in [-0.2, 0) is 13.0 Å². The van der Waals surface area contributed by atoms with Crippen LogP contribution in [0.2, 0.25) is 0 Å². The molecular formula is C18H24FN3O.